The van der Waals surface area contributed by atoms with Crippen molar-refractivity contribution in [1.82, 2.24) is 5.32 Å². The van der Waals surface area contributed by atoms with Crippen LogP contribution in [-0.4, -0.2) is 26.2 Å². The summed E-state index contributed by atoms with van der Waals surface area (Å²) in [5, 5.41) is 2.77. The summed E-state index contributed by atoms with van der Waals surface area (Å²) in [6, 6.07) is 16.7. The summed E-state index contributed by atoms with van der Waals surface area (Å²) in [6.45, 7) is 4.98. The van der Waals surface area contributed by atoms with Crippen LogP contribution in [0.15, 0.2) is 59.0 Å². The first-order valence-electron chi connectivity index (χ1n) is 9.39. The number of benzene rings is 2. The quantitative estimate of drug-likeness (QED) is 0.547. The number of furan rings is 1. The zero-order valence-corrected chi connectivity index (χ0v) is 16.9. The highest BCUT2D eigenvalue weighted by Gasteiger charge is 2.11. The van der Waals surface area contributed by atoms with E-state index in [0.29, 0.717) is 24.7 Å². The van der Waals surface area contributed by atoms with Crippen molar-refractivity contribution in [3.8, 4) is 17.2 Å². The average Bonchev–Trinajstić information content (AvgIpc) is 3.20. The van der Waals surface area contributed by atoms with Gasteiger partial charge in [-0.15, -0.1) is 0 Å². The van der Waals surface area contributed by atoms with E-state index in [4.69, 9.17) is 18.6 Å². The first-order valence-corrected chi connectivity index (χ1v) is 9.39. The molecule has 1 N–H and O–H groups in total. The predicted molar refractivity (Wildman–Crippen MR) is 110 cm³/mol. The van der Waals surface area contributed by atoms with Gasteiger partial charge in [-0.25, -0.2) is 0 Å². The van der Waals surface area contributed by atoms with Gasteiger partial charge in [0.15, 0.2) is 5.76 Å². The Bertz CT molecular complexity index is 963. The molecule has 29 heavy (non-hydrogen) atoms. The van der Waals surface area contributed by atoms with Crippen LogP contribution in [0.25, 0.3) is 0 Å². The summed E-state index contributed by atoms with van der Waals surface area (Å²) in [5.74, 6) is 2.73. The highest BCUT2D eigenvalue weighted by atomic mass is 16.5. The Morgan fingerprint density at radius 3 is 2.62 bits per heavy atom. The van der Waals surface area contributed by atoms with Crippen LogP contribution in [0.2, 0.25) is 0 Å². The molecule has 0 spiro atoms. The summed E-state index contributed by atoms with van der Waals surface area (Å²) in [7, 11) is 1.60. The van der Waals surface area contributed by atoms with E-state index in [2.05, 4.69) is 11.4 Å². The fourth-order valence-corrected chi connectivity index (χ4v) is 2.80. The van der Waals surface area contributed by atoms with Crippen LogP contribution in [0, 0.1) is 13.8 Å². The highest BCUT2D eigenvalue weighted by molar-refractivity contribution is 5.91. The number of rotatable bonds is 9. The smallest absolute Gasteiger partial charge is 0.287 e. The molecule has 1 heterocycles. The van der Waals surface area contributed by atoms with Gasteiger partial charge in [0.25, 0.3) is 5.91 Å². The number of carbonyl (C=O) groups excluding carboxylic acids is 1. The van der Waals surface area contributed by atoms with Gasteiger partial charge in [0.1, 0.15) is 36.2 Å². The van der Waals surface area contributed by atoms with Gasteiger partial charge in [-0.2, -0.15) is 0 Å². The highest BCUT2D eigenvalue weighted by Crippen LogP contribution is 2.21. The van der Waals surface area contributed by atoms with E-state index in [1.54, 1.807) is 25.3 Å². The van der Waals surface area contributed by atoms with Gasteiger partial charge in [-0.1, -0.05) is 23.8 Å². The van der Waals surface area contributed by atoms with Crippen LogP contribution in [0.4, 0.5) is 0 Å². The van der Waals surface area contributed by atoms with Crippen LogP contribution >= 0.6 is 0 Å². The molecule has 0 aliphatic rings. The zero-order chi connectivity index (χ0) is 20.6. The molecule has 152 valence electrons. The lowest BCUT2D eigenvalue weighted by molar-refractivity contribution is 0.0915. The van der Waals surface area contributed by atoms with Gasteiger partial charge >= 0.3 is 0 Å². The van der Waals surface area contributed by atoms with Gasteiger partial charge in [0.05, 0.1) is 13.7 Å². The third-order valence-electron chi connectivity index (χ3n) is 4.28. The van der Waals surface area contributed by atoms with Crippen molar-refractivity contribution in [2.24, 2.45) is 0 Å². The van der Waals surface area contributed by atoms with E-state index in [9.17, 15) is 4.79 Å². The Morgan fingerprint density at radius 2 is 1.83 bits per heavy atom. The maximum atomic E-state index is 12.2. The lowest BCUT2D eigenvalue weighted by Crippen LogP contribution is -2.27. The minimum absolute atomic E-state index is 0.241. The number of amides is 1. The number of hydrogen-bond acceptors (Lipinski definition) is 5. The summed E-state index contributed by atoms with van der Waals surface area (Å²) < 4.78 is 22.1. The molecule has 0 fully saturated rings. The first-order chi connectivity index (χ1) is 14.0. The van der Waals surface area contributed by atoms with E-state index in [-0.39, 0.29) is 18.3 Å². The molecule has 2 aromatic carbocycles. The van der Waals surface area contributed by atoms with Crippen molar-refractivity contribution < 1.29 is 23.4 Å². The third kappa shape index (κ3) is 5.78. The van der Waals surface area contributed by atoms with Gasteiger partial charge in [-0.3, -0.25) is 4.79 Å². The maximum absolute atomic E-state index is 12.2. The SMILES string of the molecule is COc1cccc(OCCNC(=O)c2ccc(COc3ccc(C)cc3C)o2)c1. The Morgan fingerprint density at radius 1 is 1.00 bits per heavy atom. The Hall–Kier alpha value is -3.41. The van der Waals surface area contributed by atoms with Crippen molar-refractivity contribution in [1.29, 1.82) is 0 Å². The molecular formula is C23H25NO5. The summed E-state index contributed by atoms with van der Waals surface area (Å²) in [4.78, 5) is 12.2. The molecule has 6 heteroatoms. The number of ether oxygens (including phenoxy) is 3. The first kappa shape index (κ1) is 20.3. The Balaban J connectivity index is 1.44. The minimum atomic E-state index is -0.294. The molecule has 0 radical (unpaired) electrons. The van der Waals surface area contributed by atoms with Crippen molar-refractivity contribution in [2.75, 3.05) is 20.3 Å². The minimum Gasteiger partial charge on any atom is -0.497 e. The number of carbonyl (C=O) groups is 1. The fourth-order valence-electron chi connectivity index (χ4n) is 2.80. The molecular weight excluding hydrogens is 370 g/mol. The lowest BCUT2D eigenvalue weighted by Gasteiger charge is -2.09. The van der Waals surface area contributed by atoms with Crippen molar-refractivity contribution in [3.05, 3.63) is 77.2 Å². The van der Waals surface area contributed by atoms with E-state index >= 15 is 0 Å². The Kier molecular flexibility index (Phi) is 6.79. The predicted octanol–water partition coefficient (Wildman–Crippen LogP) is 4.29. The number of hydrogen-bond donors (Lipinski definition) is 1. The van der Waals surface area contributed by atoms with Gasteiger partial charge in [-0.05, 0) is 49.7 Å². The average molecular weight is 395 g/mol. The molecule has 0 saturated carbocycles. The monoisotopic (exact) mass is 395 g/mol. The van der Waals surface area contributed by atoms with Gasteiger partial charge < -0.3 is 23.9 Å². The zero-order valence-electron chi connectivity index (χ0n) is 16.9. The molecule has 1 amide bonds. The molecule has 0 unspecified atom stereocenters. The molecule has 0 saturated heterocycles. The van der Waals surface area contributed by atoms with Crippen molar-refractivity contribution >= 4 is 5.91 Å². The molecule has 1 aromatic heterocycles. The number of nitrogens with one attached hydrogen (secondary N) is 1. The van der Waals surface area contributed by atoms with E-state index < -0.39 is 0 Å². The molecule has 6 nitrogen and oxygen atoms in total. The summed E-state index contributed by atoms with van der Waals surface area (Å²) >= 11 is 0. The molecule has 3 aromatic rings. The number of aryl methyl sites for hydroxylation is 2. The van der Waals surface area contributed by atoms with Crippen LogP contribution in [-0.2, 0) is 6.61 Å². The van der Waals surface area contributed by atoms with Gasteiger partial charge in [0.2, 0.25) is 0 Å². The third-order valence-corrected chi connectivity index (χ3v) is 4.28. The fraction of sp³-hybridized carbons (Fsp3) is 0.261. The molecule has 0 aliphatic heterocycles. The summed E-state index contributed by atoms with van der Waals surface area (Å²) in [5.41, 5.74) is 2.24. The largest absolute Gasteiger partial charge is 0.497 e. The van der Waals surface area contributed by atoms with Crippen molar-refractivity contribution in [3.63, 3.8) is 0 Å². The number of methoxy groups -OCH3 is 1. The van der Waals surface area contributed by atoms with Crippen LogP contribution in [0.3, 0.4) is 0 Å². The van der Waals surface area contributed by atoms with Crippen LogP contribution < -0.4 is 19.5 Å². The van der Waals surface area contributed by atoms with E-state index in [0.717, 1.165) is 17.1 Å². The lowest BCUT2D eigenvalue weighted by atomic mass is 10.1. The van der Waals surface area contributed by atoms with Crippen LogP contribution in [0.5, 0.6) is 17.2 Å². The van der Waals surface area contributed by atoms with E-state index in [1.165, 1.54) is 5.56 Å². The second kappa shape index (κ2) is 9.68. The van der Waals surface area contributed by atoms with Crippen molar-refractivity contribution in [2.45, 2.75) is 20.5 Å². The molecule has 0 aliphatic carbocycles. The topological polar surface area (TPSA) is 69.9 Å². The van der Waals surface area contributed by atoms with E-state index in [1.807, 2.05) is 44.2 Å². The normalized spacial score (nSPS) is 10.4. The molecule has 3 rings (SSSR count). The second-order valence-corrected chi connectivity index (χ2v) is 6.61. The van der Waals surface area contributed by atoms with Gasteiger partial charge in [0, 0.05) is 6.07 Å². The molecule has 0 atom stereocenters. The maximum Gasteiger partial charge on any atom is 0.287 e. The second-order valence-electron chi connectivity index (χ2n) is 6.61. The molecule has 0 bridgehead atoms. The summed E-state index contributed by atoms with van der Waals surface area (Å²) in [6.07, 6.45) is 0. The van der Waals surface area contributed by atoms with Crippen LogP contribution in [0.1, 0.15) is 27.4 Å². The Labute approximate surface area is 170 Å². The standard InChI is InChI=1S/C23H25NO5/c1-16-7-9-21(17(2)13-16)28-15-20-8-10-22(29-20)23(25)24-11-12-27-19-6-4-5-18(14-19)26-3/h4-10,13-14H,11-12,15H2,1-3H3,(H,24,25).